The number of nitrogens with zero attached hydrogens (tertiary/aromatic N) is 1. The van der Waals surface area contributed by atoms with Crippen LogP contribution in [0.5, 0.6) is 0 Å². The van der Waals surface area contributed by atoms with E-state index in [1.807, 2.05) is 36.4 Å². The van der Waals surface area contributed by atoms with Crippen molar-refractivity contribution in [3.63, 3.8) is 0 Å². The molecule has 5 nitrogen and oxygen atoms in total. The van der Waals surface area contributed by atoms with Gasteiger partial charge in [-0.3, -0.25) is 4.79 Å². The Hall–Kier alpha value is -3.25. The van der Waals surface area contributed by atoms with Gasteiger partial charge >= 0.3 is 0 Å². The molecule has 0 radical (unpaired) electrons. The average Bonchev–Trinajstić information content (AvgIpc) is 2.79. The quantitative estimate of drug-likeness (QED) is 0.664. The molecule has 0 bridgehead atoms. The Bertz CT molecular complexity index is 1030. The molecule has 3 aromatic rings. The Morgan fingerprint density at radius 1 is 1.10 bits per heavy atom. The maximum absolute atomic E-state index is 14.9. The van der Waals surface area contributed by atoms with Gasteiger partial charge in [-0.05, 0) is 48.1 Å². The second-order valence-electron chi connectivity index (χ2n) is 7.45. The molecule has 1 saturated heterocycles. The number of nitrogens with one attached hydrogen (secondary N) is 1. The minimum Gasteiger partial charge on any atom is -0.383 e. The monoisotopic (exact) mass is 405 g/mol. The number of aromatic nitrogens is 1. The minimum atomic E-state index is -0.500. The lowest BCUT2D eigenvalue weighted by Crippen LogP contribution is -2.22. The lowest BCUT2D eigenvalue weighted by atomic mass is 9.91. The van der Waals surface area contributed by atoms with Crippen LogP contribution in [0.25, 0.3) is 11.1 Å². The molecule has 0 spiro atoms. The van der Waals surface area contributed by atoms with Crippen molar-refractivity contribution in [1.29, 1.82) is 0 Å². The largest absolute Gasteiger partial charge is 0.383 e. The first-order valence-electron chi connectivity index (χ1n) is 10.1. The van der Waals surface area contributed by atoms with Crippen molar-refractivity contribution in [1.82, 2.24) is 10.3 Å². The van der Waals surface area contributed by atoms with Crippen molar-refractivity contribution < 1.29 is 13.9 Å². The standard InChI is InChI=1S/C24H24FN3O2/c25-22-13-18(24(29)28-14-16-4-2-1-3-5-16)6-7-20(22)21-12-19(15-27-23(21)26)17-8-10-30-11-9-17/h1-7,12-13,15,17H,8-11,14H2,(H2,26,27)(H,28,29). The maximum Gasteiger partial charge on any atom is 0.251 e. The number of rotatable bonds is 5. The number of nitrogens with two attached hydrogens (primary N) is 1. The number of carbonyl (C=O) groups excluding carboxylic acids is 1. The molecule has 0 aliphatic carbocycles. The molecule has 4 rings (SSSR count). The van der Waals surface area contributed by atoms with Crippen LogP contribution in [0.2, 0.25) is 0 Å². The Labute approximate surface area is 175 Å². The van der Waals surface area contributed by atoms with Gasteiger partial charge in [0.05, 0.1) is 0 Å². The summed E-state index contributed by atoms with van der Waals surface area (Å²) in [7, 11) is 0. The predicted octanol–water partition coefficient (Wildman–Crippen LogP) is 4.29. The van der Waals surface area contributed by atoms with Crippen molar-refractivity contribution in [2.75, 3.05) is 18.9 Å². The van der Waals surface area contributed by atoms with Crippen LogP contribution in [0, 0.1) is 5.82 Å². The summed E-state index contributed by atoms with van der Waals surface area (Å²) >= 11 is 0. The third-order valence-corrected chi connectivity index (χ3v) is 5.45. The normalized spacial score (nSPS) is 14.4. The highest BCUT2D eigenvalue weighted by Crippen LogP contribution is 2.33. The summed E-state index contributed by atoms with van der Waals surface area (Å²) in [6, 6.07) is 15.9. The van der Waals surface area contributed by atoms with Gasteiger partial charge < -0.3 is 15.8 Å². The Kier molecular flexibility index (Phi) is 6.05. The zero-order valence-electron chi connectivity index (χ0n) is 16.6. The number of hydrogen-bond acceptors (Lipinski definition) is 4. The van der Waals surface area contributed by atoms with Crippen LogP contribution in [0.3, 0.4) is 0 Å². The first-order valence-corrected chi connectivity index (χ1v) is 10.1. The van der Waals surface area contributed by atoms with Gasteiger partial charge in [0.1, 0.15) is 11.6 Å². The number of benzene rings is 2. The zero-order valence-corrected chi connectivity index (χ0v) is 16.6. The van der Waals surface area contributed by atoms with Gasteiger partial charge in [0.25, 0.3) is 5.91 Å². The van der Waals surface area contributed by atoms with E-state index in [0.717, 1.165) is 24.0 Å². The van der Waals surface area contributed by atoms with E-state index in [9.17, 15) is 9.18 Å². The average molecular weight is 405 g/mol. The first kappa shape index (κ1) is 20.0. The number of ether oxygens (including phenoxy) is 1. The van der Waals surface area contributed by atoms with E-state index in [1.165, 1.54) is 6.07 Å². The van der Waals surface area contributed by atoms with Crippen LogP contribution in [-0.2, 0) is 11.3 Å². The molecule has 1 amide bonds. The molecule has 0 atom stereocenters. The van der Waals surface area contributed by atoms with E-state index < -0.39 is 5.82 Å². The summed E-state index contributed by atoms with van der Waals surface area (Å²) in [6.07, 6.45) is 3.58. The van der Waals surface area contributed by atoms with E-state index in [4.69, 9.17) is 10.5 Å². The van der Waals surface area contributed by atoms with Crippen molar-refractivity contribution in [3.05, 3.63) is 83.3 Å². The molecule has 2 aromatic carbocycles. The molecule has 0 saturated carbocycles. The van der Waals surface area contributed by atoms with Gasteiger partial charge in [-0.25, -0.2) is 9.37 Å². The molecule has 1 fully saturated rings. The van der Waals surface area contributed by atoms with Crippen LogP contribution in [0.15, 0.2) is 60.8 Å². The van der Waals surface area contributed by atoms with E-state index >= 15 is 0 Å². The number of pyridine rings is 1. The maximum atomic E-state index is 14.9. The molecule has 2 heterocycles. The molecule has 154 valence electrons. The van der Waals surface area contributed by atoms with Gasteiger partial charge in [-0.1, -0.05) is 36.4 Å². The van der Waals surface area contributed by atoms with Crippen molar-refractivity contribution in [3.8, 4) is 11.1 Å². The molecule has 1 aliphatic rings. The fraction of sp³-hybridized carbons (Fsp3) is 0.250. The molecule has 3 N–H and O–H groups in total. The number of nitrogen functional groups attached to an aromatic ring is 1. The van der Waals surface area contributed by atoms with E-state index in [1.54, 1.807) is 18.3 Å². The Balaban J connectivity index is 1.53. The molecule has 6 heteroatoms. The van der Waals surface area contributed by atoms with Crippen LogP contribution in [-0.4, -0.2) is 24.1 Å². The zero-order chi connectivity index (χ0) is 20.9. The summed E-state index contributed by atoms with van der Waals surface area (Å²) in [5.74, 6) is -0.228. The van der Waals surface area contributed by atoms with E-state index in [-0.39, 0.29) is 17.3 Å². The van der Waals surface area contributed by atoms with Gasteiger partial charge in [0.15, 0.2) is 0 Å². The third-order valence-electron chi connectivity index (χ3n) is 5.45. The van der Waals surface area contributed by atoms with Gasteiger partial charge in [0, 0.05) is 42.6 Å². The molecular formula is C24H24FN3O2. The molecule has 30 heavy (non-hydrogen) atoms. The van der Waals surface area contributed by atoms with Gasteiger partial charge in [-0.2, -0.15) is 0 Å². The van der Waals surface area contributed by atoms with Crippen LogP contribution < -0.4 is 11.1 Å². The second-order valence-corrected chi connectivity index (χ2v) is 7.45. The number of carbonyl (C=O) groups is 1. The Morgan fingerprint density at radius 2 is 1.87 bits per heavy atom. The van der Waals surface area contributed by atoms with Crippen molar-refractivity contribution >= 4 is 11.7 Å². The Morgan fingerprint density at radius 3 is 2.60 bits per heavy atom. The fourth-order valence-electron chi connectivity index (χ4n) is 3.72. The smallest absolute Gasteiger partial charge is 0.251 e. The van der Waals surface area contributed by atoms with Crippen LogP contribution >= 0.6 is 0 Å². The third kappa shape index (κ3) is 4.49. The highest BCUT2D eigenvalue weighted by molar-refractivity contribution is 5.95. The lowest BCUT2D eigenvalue weighted by molar-refractivity contribution is 0.0853. The summed E-state index contributed by atoms with van der Waals surface area (Å²) in [6.45, 7) is 1.81. The van der Waals surface area contributed by atoms with Crippen LogP contribution in [0.4, 0.5) is 10.2 Å². The van der Waals surface area contributed by atoms with E-state index in [2.05, 4.69) is 10.3 Å². The number of anilines is 1. The van der Waals surface area contributed by atoms with Crippen molar-refractivity contribution in [2.24, 2.45) is 0 Å². The van der Waals surface area contributed by atoms with Crippen LogP contribution in [0.1, 0.15) is 40.2 Å². The SMILES string of the molecule is Nc1ncc(C2CCOCC2)cc1-c1ccc(C(=O)NCc2ccccc2)cc1F. The second kappa shape index (κ2) is 9.05. The lowest BCUT2D eigenvalue weighted by Gasteiger charge is -2.23. The summed E-state index contributed by atoms with van der Waals surface area (Å²) < 4.78 is 20.3. The number of hydrogen-bond donors (Lipinski definition) is 2. The fourth-order valence-corrected chi connectivity index (χ4v) is 3.72. The summed E-state index contributed by atoms with van der Waals surface area (Å²) in [4.78, 5) is 16.7. The minimum absolute atomic E-state index is 0.263. The number of halogens is 1. The number of amides is 1. The predicted molar refractivity (Wildman–Crippen MR) is 114 cm³/mol. The molecular weight excluding hydrogens is 381 g/mol. The highest BCUT2D eigenvalue weighted by Gasteiger charge is 2.19. The molecule has 1 aliphatic heterocycles. The highest BCUT2D eigenvalue weighted by atomic mass is 19.1. The van der Waals surface area contributed by atoms with Gasteiger partial charge in [0.2, 0.25) is 0 Å². The summed E-state index contributed by atoms with van der Waals surface area (Å²) in [5.41, 5.74) is 9.21. The summed E-state index contributed by atoms with van der Waals surface area (Å²) in [5, 5.41) is 2.81. The molecule has 1 aromatic heterocycles. The molecule has 0 unspecified atom stereocenters. The van der Waals surface area contributed by atoms with E-state index in [0.29, 0.717) is 36.8 Å². The topological polar surface area (TPSA) is 77.2 Å². The first-order chi connectivity index (χ1) is 14.6. The van der Waals surface area contributed by atoms with Gasteiger partial charge in [-0.15, -0.1) is 0 Å². The van der Waals surface area contributed by atoms with Crippen molar-refractivity contribution in [2.45, 2.75) is 25.3 Å².